The van der Waals surface area contributed by atoms with E-state index in [2.05, 4.69) is 17.1 Å². The number of H-pyrrole nitrogens is 1. The Morgan fingerprint density at radius 1 is 1.20 bits per heavy atom. The second-order valence-corrected chi connectivity index (χ2v) is 7.73. The van der Waals surface area contributed by atoms with Gasteiger partial charge in [0.05, 0.1) is 19.2 Å². The SMILES string of the molecule is O=C(CCC1CCCCC1)N1Cc2[nH]c3ccccc3c2CC1CO. The molecule has 1 unspecified atom stereocenters. The third-order valence-electron chi connectivity index (χ3n) is 6.13. The minimum atomic E-state index is -0.0921. The van der Waals surface area contributed by atoms with Crippen molar-refractivity contribution in [2.24, 2.45) is 5.92 Å². The Bertz CT molecular complexity index is 745. The van der Waals surface area contributed by atoms with E-state index in [1.807, 2.05) is 17.0 Å². The number of amides is 1. The van der Waals surface area contributed by atoms with E-state index in [4.69, 9.17) is 0 Å². The van der Waals surface area contributed by atoms with Crippen LogP contribution in [0.15, 0.2) is 24.3 Å². The van der Waals surface area contributed by atoms with E-state index in [1.54, 1.807) is 0 Å². The first-order valence-electron chi connectivity index (χ1n) is 9.75. The summed E-state index contributed by atoms with van der Waals surface area (Å²) < 4.78 is 0. The van der Waals surface area contributed by atoms with Crippen LogP contribution in [-0.4, -0.2) is 33.5 Å². The molecule has 134 valence electrons. The van der Waals surface area contributed by atoms with Gasteiger partial charge in [0.25, 0.3) is 0 Å². The number of hydrogen-bond acceptors (Lipinski definition) is 2. The zero-order chi connectivity index (χ0) is 17.2. The van der Waals surface area contributed by atoms with Gasteiger partial charge in [-0.1, -0.05) is 50.3 Å². The average molecular weight is 340 g/mol. The number of para-hydroxylation sites is 1. The van der Waals surface area contributed by atoms with Crippen LogP contribution in [0.25, 0.3) is 10.9 Å². The zero-order valence-corrected chi connectivity index (χ0v) is 14.8. The van der Waals surface area contributed by atoms with Gasteiger partial charge in [0.2, 0.25) is 5.91 Å². The summed E-state index contributed by atoms with van der Waals surface area (Å²) >= 11 is 0. The van der Waals surface area contributed by atoms with Crippen LogP contribution in [0.1, 0.15) is 56.2 Å². The zero-order valence-electron chi connectivity index (χ0n) is 14.8. The molecule has 4 nitrogen and oxygen atoms in total. The molecule has 1 aromatic heterocycles. The molecule has 1 aliphatic carbocycles. The van der Waals surface area contributed by atoms with E-state index in [9.17, 15) is 9.90 Å². The Balaban J connectivity index is 1.48. The predicted molar refractivity (Wildman–Crippen MR) is 99.2 cm³/mol. The van der Waals surface area contributed by atoms with E-state index >= 15 is 0 Å². The third-order valence-corrected chi connectivity index (χ3v) is 6.13. The first-order chi connectivity index (χ1) is 12.3. The van der Waals surface area contributed by atoms with Crippen molar-refractivity contribution >= 4 is 16.8 Å². The number of aliphatic hydroxyl groups excluding tert-OH is 1. The highest BCUT2D eigenvalue weighted by atomic mass is 16.3. The number of hydrogen-bond donors (Lipinski definition) is 2. The van der Waals surface area contributed by atoms with Crippen LogP contribution < -0.4 is 0 Å². The Labute approximate surface area is 149 Å². The van der Waals surface area contributed by atoms with E-state index in [0.717, 1.165) is 30.0 Å². The van der Waals surface area contributed by atoms with Crippen LogP contribution >= 0.6 is 0 Å². The number of aromatic amines is 1. The van der Waals surface area contributed by atoms with Crippen molar-refractivity contribution in [2.75, 3.05) is 6.61 Å². The molecule has 4 rings (SSSR count). The van der Waals surface area contributed by atoms with Gasteiger partial charge in [0, 0.05) is 23.0 Å². The first-order valence-corrected chi connectivity index (χ1v) is 9.75. The molecular weight excluding hydrogens is 312 g/mol. The Kier molecular flexibility index (Phi) is 4.80. The monoisotopic (exact) mass is 340 g/mol. The Morgan fingerprint density at radius 2 is 2.00 bits per heavy atom. The highest BCUT2D eigenvalue weighted by Crippen LogP contribution is 2.32. The normalized spacial score (nSPS) is 21.5. The van der Waals surface area contributed by atoms with Gasteiger partial charge in [-0.3, -0.25) is 4.79 Å². The maximum atomic E-state index is 12.8. The van der Waals surface area contributed by atoms with Crippen molar-refractivity contribution in [1.29, 1.82) is 0 Å². The second kappa shape index (κ2) is 7.20. The number of nitrogens with one attached hydrogen (secondary N) is 1. The fourth-order valence-corrected chi connectivity index (χ4v) is 4.67. The molecule has 2 aliphatic rings. The molecule has 2 heterocycles. The summed E-state index contributed by atoms with van der Waals surface area (Å²) in [5.41, 5.74) is 3.53. The number of benzene rings is 1. The Hall–Kier alpha value is -1.81. The van der Waals surface area contributed by atoms with Crippen LogP contribution in [0.3, 0.4) is 0 Å². The van der Waals surface area contributed by atoms with Gasteiger partial charge in [0.1, 0.15) is 0 Å². The van der Waals surface area contributed by atoms with E-state index in [0.29, 0.717) is 13.0 Å². The molecule has 1 saturated carbocycles. The molecular formula is C21H28N2O2. The smallest absolute Gasteiger partial charge is 0.223 e. The maximum absolute atomic E-state index is 12.8. The lowest BCUT2D eigenvalue weighted by Crippen LogP contribution is -2.46. The second-order valence-electron chi connectivity index (χ2n) is 7.73. The Morgan fingerprint density at radius 3 is 2.80 bits per heavy atom. The molecule has 4 heteroatoms. The summed E-state index contributed by atoms with van der Waals surface area (Å²) in [5.74, 6) is 0.924. The number of carbonyl (C=O) groups excluding carboxylic acids is 1. The van der Waals surface area contributed by atoms with Gasteiger partial charge < -0.3 is 15.0 Å². The van der Waals surface area contributed by atoms with Gasteiger partial charge >= 0.3 is 0 Å². The lowest BCUT2D eigenvalue weighted by atomic mass is 9.86. The fraction of sp³-hybridized carbons (Fsp3) is 0.571. The van der Waals surface area contributed by atoms with Gasteiger partial charge in [-0.05, 0) is 30.4 Å². The molecule has 25 heavy (non-hydrogen) atoms. The number of nitrogens with zero attached hydrogens (tertiary/aromatic N) is 1. The molecule has 1 aromatic carbocycles. The van der Waals surface area contributed by atoms with Crippen molar-refractivity contribution in [3.05, 3.63) is 35.5 Å². The number of rotatable bonds is 4. The molecule has 2 N–H and O–H groups in total. The molecule has 1 fully saturated rings. The van der Waals surface area contributed by atoms with Crippen LogP contribution in [0.5, 0.6) is 0 Å². The van der Waals surface area contributed by atoms with Gasteiger partial charge in [-0.15, -0.1) is 0 Å². The molecule has 0 bridgehead atoms. The largest absolute Gasteiger partial charge is 0.394 e. The molecule has 0 saturated heterocycles. The van der Waals surface area contributed by atoms with E-state index < -0.39 is 0 Å². The van der Waals surface area contributed by atoms with Crippen LogP contribution in [0.2, 0.25) is 0 Å². The highest BCUT2D eigenvalue weighted by molar-refractivity contribution is 5.86. The summed E-state index contributed by atoms with van der Waals surface area (Å²) in [6, 6.07) is 8.19. The van der Waals surface area contributed by atoms with Crippen LogP contribution in [-0.2, 0) is 17.8 Å². The van der Waals surface area contributed by atoms with Gasteiger partial charge in [-0.2, -0.15) is 0 Å². The summed E-state index contributed by atoms with van der Waals surface area (Å²) in [6.45, 7) is 0.632. The molecule has 1 amide bonds. The number of aliphatic hydroxyl groups is 1. The third kappa shape index (κ3) is 3.32. The molecule has 0 radical (unpaired) electrons. The van der Waals surface area contributed by atoms with Crippen molar-refractivity contribution in [3.63, 3.8) is 0 Å². The average Bonchev–Trinajstić information content (AvgIpc) is 3.03. The summed E-state index contributed by atoms with van der Waals surface area (Å²) in [7, 11) is 0. The summed E-state index contributed by atoms with van der Waals surface area (Å²) in [5, 5.41) is 11.1. The predicted octanol–water partition coefficient (Wildman–Crippen LogP) is 3.77. The maximum Gasteiger partial charge on any atom is 0.223 e. The topological polar surface area (TPSA) is 56.3 Å². The van der Waals surface area contributed by atoms with Crippen molar-refractivity contribution in [3.8, 4) is 0 Å². The minimum Gasteiger partial charge on any atom is -0.394 e. The number of fused-ring (bicyclic) bond motifs is 3. The van der Waals surface area contributed by atoms with Crippen molar-refractivity contribution in [1.82, 2.24) is 9.88 Å². The summed E-state index contributed by atoms with van der Waals surface area (Å²) in [4.78, 5) is 18.2. The van der Waals surface area contributed by atoms with E-state index in [-0.39, 0.29) is 18.6 Å². The van der Waals surface area contributed by atoms with Crippen molar-refractivity contribution < 1.29 is 9.90 Å². The van der Waals surface area contributed by atoms with Crippen LogP contribution in [0.4, 0.5) is 0 Å². The van der Waals surface area contributed by atoms with Crippen LogP contribution in [0, 0.1) is 5.92 Å². The summed E-state index contributed by atoms with van der Waals surface area (Å²) in [6.07, 6.45) is 8.92. The highest BCUT2D eigenvalue weighted by Gasteiger charge is 2.31. The number of aromatic nitrogens is 1. The fourth-order valence-electron chi connectivity index (χ4n) is 4.67. The lowest BCUT2D eigenvalue weighted by Gasteiger charge is -2.35. The molecule has 2 aromatic rings. The minimum absolute atomic E-state index is 0.0358. The standard InChI is InChI=1S/C21H28N2O2/c24-14-16-12-18-17-8-4-5-9-19(17)22-20(18)13-23(16)21(25)11-10-15-6-2-1-3-7-15/h4-5,8-9,15-16,22,24H,1-3,6-7,10-14H2. The molecule has 1 aliphatic heterocycles. The molecule has 0 spiro atoms. The van der Waals surface area contributed by atoms with Crippen molar-refractivity contribution in [2.45, 2.75) is 64.0 Å². The van der Waals surface area contributed by atoms with Gasteiger partial charge in [-0.25, -0.2) is 0 Å². The first kappa shape index (κ1) is 16.6. The van der Waals surface area contributed by atoms with Gasteiger partial charge in [0.15, 0.2) is 0 Å². The lowest BCUT2D eigenvalue weighted by molar-refractivity contribution is -0.136. The van der Waals surface area contributed by atoms with E-state index in [1.165, 1.54) is 43.1 Å². The molecule has 1 atom stereocenters. The number of carbonyl (C=O) groups is 1. The quantitative estimate of drug-likeness (QED) is 0.890.